The Morgan fingerprint density at radius 1 is 1.26 bits per heavy atom. The number of carbonyl (C=O) groups excluding carboxylic acids is 1. The minimum absolute atomic E-state index is 0.296. The van der Waals surface area contributed by atoms with Crippen LogP contribution in [0.25, 0.3) is 11.4 Å². The lowest BCUT2D eigenvalue weighted by atomic mass is 10.1. The number of rotatable bonds is 6. The highest BCUT2D eigenvalue weighted by molar-refractivity contribution is 5.89. The van der Waals surface area contributed by atoms with E-state index in [1.165, 1.54) is 0 Å². The molecule has 0 bridgehead atoms. The summed E-state index contributed by atoms with van der Waals surface area (Å²) in [7, 11) is 0. The number of unbranched alkanes of at least 4 members (excludes halogenated alkanes) is 2. The van der Waals surface area contributed by atoms with Crippen LogP contribution in [-0.2, 0) is 4.74 Å². The molecule has 2 aromatic rings. The first kappa shape index (κ1) is 13.2. The van der Waals surface area contributed by atoms with E-state index in [2.05, 4.69) is 27.5 Å². The van der Waals surface area contributed by atoms with Crippen LogP contribution in [0, 0.1) is 0 Å². The van der Waals surface area contributed by atoms with Crippen molar-refractivity contribution in [3.05, 3.63) is 29.8 Å². The quantitative estimate of drug-likeness (QED) is 0.636. The van der Waals surface area contributed by atoms with Gasteiger partial charge < -0.3 is 4.74 Å². The van der Waals surface area contributed by atoms with E-state index in [4.69, 9.17) is 4.74 Å². The third-order valence-corrected chi connectivity index (χ3v) is 2.71. The molecule has 2 rings (SSSR count). The van der Waals surface area contributed by atoms with E-state index >= 15 is 0 Å². The van der Waals surface area contributed by atoms with Gasteiger partial charge in [-0.3, -0.25) is 0 Å². The molecule has 100 valence electrons. The van der Waals surface area contributed by atoms with E-state index in [1.807, 2.05) is 0 Å². The number of carbonyl (C=O) groups is 1. The van der Waals surface area contributed by atoms with E-state index in [1.54, 1.807) is 24.3 Å². The van der Waals surface area contributed by atoms with Crippen LogP contribution in [-0.4, -0.2) is 33.2 Å². The lowest BCUT2D eigenvalue weighted by Crippen LogP contribution is -2.06. The molecule has 0 aliphatic heterocycles. The smallest absolute Gasteiger partial charge is 0.338 e. The molecule has 1 aromatic carbocycles. The molecule has 1 aromatic heterocycles. The van der Waals surface area contributed by atoms with Crippen molar-refractivity contribution in [3.63, 3.8) is 0 Å². The summed E-state index contributed by atoms with van der Waals surface area (Å²) in [5, 5.41) is 13.6. The van der Waals surface area contributed by atoms with E-state index in [0.29, 0.717) is 18.0 Å². The Morgan fingerprint density at radius 3 is 2.68 bits per heavy atom. The fraction of sp³-hybridized carbons (Fsp3) is 0.385. The molecule has 1 N–H and O–H groups in total. The zero-order valence-corrected chi connectivity index (χ0v) is 10.8. The van der Waals surface area contributed by atoms with Gasteiger partial charge in [0.15, 0.2) is 0 Å². The monoisotopic (exact) mass is 260 g/mol. The van der Waals surface area contributed by atoms with Gasteiger partial charge in [0.1, 0.15) is 0 Å². The minimum atomic E-state index is -0.296. The molecule has 0 aliphatic carbocycles. The van der Waals surface area contributed by atoms with Crippen molar-refractivity contribution in [2.45, 2.75) is 26.2 Å². The highest BCUT2D eigenvalue weighted by atomic mass is 16.5. The second-order valence-corrected chi connectivity index (χ2v) is 4.16. The van der Waals surface area contributed by atoms with Gasteiger partial charge in [-0.1, -0.05) is 31.9 Å². The van der Waals surface area contributed by atoms with E-state index < -0.39 is 0 Å². The molecule has 19 heavy (non-hydrogen) atoms. The van der Waals surface area contributed by atoms with Gasteiger partial charge in [-0.25, -0.2) is 4.79 Å². The molecular weight excluding hydrogens is 244 g/mol. The number of hydrogen-bond acceptors (Lipinski definition) is 5. The third-order valence-electron chi connectivity index (χ3n) is 2.71. The number of nitrogens with zero attached hydrogens (tertiary/aromatic N) is 3. The van der Waals surface area contributed by atoms with E-state index in [9.17, 15) is 4.79 Å². The summed E-state index contributed by atoms with van der Waals surface area (Å²) in [6, 6.07) is 6.95. The number of aromatic nitrogens is 4. The van der Waals surface area contributed by atoms with Crippen molar-refractivity contribution in [2.24, 2.45) is 0 Å². The molecule has 0 unspecified atom stereocenters. The lowest BCUT2D eigenvalue weighted by Gasteiger charge is -2.04. The zero-order chi connectivity index (χ0) is 13.5. The summed E-state index contributed by atoms with van der Waals surface area (Å²) in [6.07, 6.45) is 3.09. The Morgan fingerprint density at radius 2 is 2.05 bits per heavy atom. The normalized spacial score (nSPS) is 10.4. The maximum absolute atomic E-state index is 11.7. The number of esters is 1. The lowest BCUT2D eigenvalue weighted by molar-refractivity contribution is 0.0498. The van der Waals surface area contributed by atoms with Crippen LogP contribution in [0.2, 0.25) is 0 Å². The first-order valence-electron chi connectivity index (χ1n) is 6.32. The van der Waals surface area contributed by atoms with Crippen LogP contribution < -0.4 is 0 Å². The molecule has 6 nitrogen and oxygen atoms in total. The average Bonchev–Trinajstić information content (AvgIpc) is 2.98. The largest absolute Gasteiger partial charge is 0.462 e. The molecule has 0 spiro atoms. The molecule has 0 saturated heterocycles. The number of aromatic amines is 1. The summed E-state index contributed by atoms with van der Waals surface area (Å²) in [4.78, 5) is 11.7. The van der Waals surface area contributed by atoms with Gasteiger partial charge in [0.25, 0.3) is 0 Å². The fourth-order valence-corrected chi connectivity index (χ4v) is 1.64. The van der Waals surface area contributed by atoms with Crippen LogP contribution in [0.5, 0.6) is 0 Å². The van der Waals surface area contributed by atoms with Gasteiger partial charge in [0.2, 0.25) is 5.82 Å². The Balaban J connectivity index is 1.93. The number of benzene rings is 1. The highest BCUT2D eigenvalue weighted by Gasteiger charge is 2.08. The van der Waals surface area contributed by atoms with Crippen molar-refractivity contribution >= 4 is 5.97 Å². The molecule has 0 atom stereocenters. The topological polar surface area (TPSA) is 80.8 Å². The number of ether oxygens (including phenoxy) is 1. The number of hydrogen-bond donors (Lipinski definition) is 1. The third kappa shape index (κ3) is 3.61. The van der Waals surface area contributed by atoms with Crippen molar-refractivity contribution in [2.75, 3.05) is 6.61 Å². The summed E-state index contributed by atoms with van der Waals surface area (Å²) in [5.74, 6) is 0.207. The zero-order valence-electron chi connectivity index (χ0n) is 10.8. The van der Waals surface area contributed by atoms with Gasteiger partial charge in [0.05, 0.1) is 12.2 Å². The van der Waals surface area contributed by atoms with Gasteiger partial charge in [-0.15, -0.1) is 10.2 Å². The average molecular weight is 260 g/mol. The number of tetrazole rings is 1. The first-order chi connectivity index (χ1) is 9.31. The van der Waals surface area contributed by atoms with Gasteiger partial charge in [-0.2, -0.15) is 5.21 Å². The maximum Gasteiger partial charge on any atom is 0.338 e. The standard InChI is InChI=1S/C13H16N4O2/c1-2-3-4-9-19-13(18)11-7-5-10(6-8-11)12-14-16-17-15-12/h5-8H,2-4,9H2,1H3,(H,14,15,16,17). The number of nitrogens with one attached hydrogen (secondary N) is 1. The van der Waals surface area contributed by atoms with Crippen molar-refractivity contribution in [3.8, 4) is 11.4 Å². The molecule has 1 heterocycles. The predicted octanol–water partition coefficient (Wildman–Crippen LogP) is 2.21. The van der Waals surface area contributed by atoms with E-state index in [0.717, 1.165) is 24.8 Å². The van der Waals surface area contributed by atoms with Gasteiger partial charge in [0, 0.05) is 5.56 Å². The van der Waals surface area contributed by atoms with Crippen LogP contribution in [0.15, 0.2) is 24.3 Å². The Labute approximate surface area is 111 Å². The maximum atomic E-state index is 11.7. The molecule has 0 amide bonds. The van der Waals surface area contributed by atoms with Gasteiger partial charge in [-0.05, 0) is 23.8 Å². The van der Waals surface area contributed by atoms with Crippen molar-refractivity contribution in [1.29, 1.82) is 0 Å². The molecule has 0 fully saturated rings. The molecule has 0 radical (unpaired) electrons. The predicted molar refractivity (Wildman–Crippen MR) is 69.4 cm³/mol. The van der Waals surface area contributed by atoms with Crippen LogP contribution in [0.3, 0.4) is 0 Å². The SMILES string of the molecule is CCCCCOC(=O)c1ccc(-c2nn[nH]n2)cc1. The van der Waals surface area contributed by atoms with Crippen LogP contribution in [0.4, 0.5) is 0 Å². The summed E-state index contributed by atoms with van der Waals surface area (Å²) >= 11 is 0. The number of H-pyrrole nitrogens is 1. The molecule has 0 saturated carbocycles. The Kier molecular flexibility index (Phi) is 4.60. The van der Waals surface area contributed by atoms with Crippen molar-refractivity contribution in [1.82, 2.24) is 20.6 Å². The second-order valence-electron chi connectivity index (χ2n) is 4.16. The van der Waals surface area contributed by atoms with Crippen LogP contribution in [0.1, 0.15) is 36.5 Å². The summed E-state index contributed by atoms with van der Waals surface area (Å²) < 4.78 is 5.17. The Hall–Kier alpha value is -2.24. The summed E-state index contributed by atoms with van der Waals surface area (Å²) in [6.45, 7) is 2.58. The van der Waals surface area contributed by atoms with E-state index in [-0.39, 0.29) is 5.97 Å². The first-order valence-corrected chi connectivity index (χ1v) is 6.32. The Bertz CT molecular complexity index is 508. The highest BCUT2D eigenvalue weighted by Crippen LogP contribution is 2.14. The minimum Gasteiger partial charge on any atom is -0.462 e. The molecule has 6 heteroatoms. The molecular formula is C13H16N4O2. The van der Waals surface area contributed by atoms with Crippen molar-refractivity contribution < 1.29 is 9.53 Å². The second kappa shape index (κ2) is 6.63. The fourth-order valence-electron chi connectivity index (χ4n) is 1.64. The van der Waals surface area contributed by atoms with Gasteiger partial charge >= 0.3 is 5.97 Å². The van der Waals surface area contributed by atoms with Crippen LogP contribution >= 0.6 is 0 Å². The molecule has 0 aliphatic rings. The summed E-state index contributed by atoms with van der Waals surface area (Å²) in [5.41, 5.74) is 1.33.